The SMILES string of the molecule is C#CCn1c(=NC(=O)c2ccc(Oc3ccccc3)cc2)sc2cc(OCC)ccc21. The molecule has 0 aliphatic heterocycles. The lowest BCUT2D eigenvalue weighted by atomic mass is 10.2. The second-order valence-corrected chi connectivity index (χ2v) is 7.60. The standard InChI is InChI=1S/C25H20N2O3S/c1-3-16-27-22-15-14-21(29-4-2)17-23(22)31-25(27)26-24(28)18-10-12-20(13-11-18)30-19-8-6-5-7-9-19/h1,5-15,17H,4,16H2,2H3. The quantitative estimate of drug-likeness (QED) is 0.393. The van der Waals surface area contributed by atoms with Gasteiger partial charge in [-0.1, -0.05) is 35.5 Å². The van der Waals surface area contributed by atoms with Gasteiger partial charge in [-0.3, -0.25) is 4.79 Å². The zero-order chi connectivity index (χ0) is 21.6. The van der Waals surface area contributed by atoms with Crippen LogP contribution >= 0.6 is 11.3 Å². The molecule has 1 amide bonds. The fourth-order valence-electron chi connectivity index (χ4n) is 3.08. The van der Waals surface area contributed by atoms with Gasteiger partial charge in [0, 0.05) is 5.56 Å². The van der Waals surface area contributed by atoms with E-state index in [0.717, 1.165) is 21.7 Å². The average molecular weight is 429 g/mol. The number of aromatic nitrogens is 1. The molecule has 0 saturated carbocycles. The molecular weight excluding hydrogens is 408 g/mol. The Labute approximate surface area is 184 Å². The van der Waals surface area contributed by atoms with Crippen molar-refractivity contribution >= 4 is 27.5 Å². The van der Waals surface area contributed by atoms with E-state index in [1.807, 2.05) is 60.0 Å². The van der Waals surface area contributed by atoms with E-state index < -0.39 is 0 Å². The minimum absolute atomic E-state index is 0.323. The zero-order valence-corrected chi connectivity index (χ0v) is 17.8. The van der Waals surface area contributed by atoms with Crippen LogP contribution in [0, 0.1) is 12.3 Å². The van der Waals surface area contributed by atoms with Crippen molar-refractivity contribution < 1.29 is 14.3 Å². The van der Waals surface area contributed by atoms with Crippen LogP contribution in [0.5, 0.6) is 17.2 Å². The van der Waals surface area contributed by atoms with Gasteiger partial charge in [-0.15, -0.1) is 6.42 Å². The third-order valence-corrected chi connectivity index (χ3v) is 5.53. The van der Waals surface area contributed by atoms with E-state index in [0.29, 0.717) is 29.3 Å². The summed E-state index contributed by atoms with van der Waals surface area (Å²) in [7, 11) is 0. The third kappa shape index (κ3) is 4.68. The molecule has 0 aliphatic rings. The van der Waals surface area contributed by atoms with Crippen molar-refractivity contribution in [2.75, 3.05) is 6.61 Å². The molecule has 0 aliphatic carbocycles. The van der Waals surface area contributed by atoms with E-state index in [-0.39, 0.29) is 5.91 Å². The Kier molecular flexibility index (Phi) is 6.16. The minimum atomic E-state index is -0.339. The van der Waals surface area contributed by atoms with Gasteiger partial charge in [-0.2, -0.15) is 4.99 Å². The number of hydrogen-bond acceptors (Lipinski definition) is 4. The van der Waals surface area contributed by atoms with Crippen molar-refractivity contribution in [3.63, 3.8) is 0 Å². The van der Waals surface area contributed by atoms with Crippen LogP contribution in [0.4, 0.5) is 0 Å². The highest BCUT2D eigenvalue weighted by atomic mass is 32.1. The van der Waals surface area contributed by atoms with Gasteiger partial charge >= 0.3 is 0 Å². The molecule has 5 nitrogen and oxygen atoms in total. The number of carbonyl (C=O) groups is 1. The summed E-state index contributed by atoms with van der Waals surface area (Å²) in [5.74, 6) is 4.45. The van der Waals surface area contributed by atoms with Crippen molar-refractivity contribution in [2.24, 2.45) is 4.99 Å². The number of terminal acetylenes is 1. The third-order valence-electron chi connectivity index (χ3n) is 4.49. The average Bonchev–Trinajstić information content (AvgIpc) is 3.11. The monoisotopic (exact) mass is 428 g/mol. The molecule has 154 valence electrons. The maximum atomic E-state index is 12.8. The van der Waals surface area contributed by atoms with E-state index >= 15 is 0 Å². The Morgan fingerprint density at radius 1 is 1.03 bits per heavy atom. The van der Waals surface area contributed by atoms with Crippen molar-refractivity contribution in [2.45, 2.75) is 13.5 Å². The van der Waals surface area contributed by atoms with Crippen molar-refractivity contribution in [3.8, 4) is 29.6 Å². The molecule has 31 heavy (non-hydrogen) atoms. The number of carbonyl (C=O) groups excluding carboxylic acids is 1. The van der Waals surface area contributed by atoms with Crippen molar-refractivity contribution in [1.82, 2.24) is 4.57 Å². The van der Waals surface area contributed by atoms with Crippen LogP contribution in [0.2, 0.25) is 0 Å². The zero-order valence-electron chi connectivity index (χ0n) is 16.9. The summed E-state index contributed by atoms with van der Waals surface area (Å²) in [5.41, 5.74) is 1.39. The molecule has 4 aromatic rings. The van der Waals surface area contributed by atoms with Crippen LogP contribution in [0.15, 0.2) is 77.8 Å². The van der Waals surface area contributed by atoms with E-state index in [9.17, 15) is 4.79 Å². The number of nitrogens with zero attached hydrogens (tertiary/aromatic N) is 2. The molecule has 1 heterocycles. The number of fused-ring (bicyclic) bond motifs is 1. The topological polar surface area (TPSA) is 52.8 Å². The first-order chi connectivity index (χ1) is 15.2. The molecule has 0 bridgehead atoms. The van der Waals surface area contributed by atoms with E-state index in [1.54, 1.807) is 24.3 Å². The maximum absolute atomic E-state index is 12.8. The molecule has 3 aromatic carbocycles. The smallest absolute Gasteiger partial charge is 0.279 e. The lowest BCUT2D eigenvalue weighted by molar-refractivity contribution is 0.0998. The fraction of sp³-hybridized carbons (Fsp3) is 0.120. The summed E-state index contributed by atoms with van der Waals surface area (Å²) in [6, 6.07) is 22.2. The van der Waals surface area contributed by atoms with Gasteiger partial charge in [0.1, 0.15) is 17.2 Å². The highest BCUT2D eigenvalue weighted by Gasteiger charge is 2.10. The molecule has 4 rings (SSSR count). The number of rotatable bonds is 6. The predicted octanol–water partition coefficient (Wildman–Crippen LogP) is 5.27. The number of thiazole rings is 1. The molecule has 0 fully saturated rings. The summed E-state index contributed by atoms with van der Waals surface area (Å²) in [6.45, 7) is 2.84. The molecule has 0 atom stereocenters. The Morgan fingerprint density at radius 2 is 1.74 bits per heavy atom. The Morgan fingerprint density at radius 3 is 2.45 bits per heavy atom. The first kappa shape index (κ1) is 20.5. The van der Waals surface area contributed by atoms with Gasteiger partial charge < -0.3 is 14.0 Å². The van der Waals surface area contributed by atoms with E-state index in [2.05, 4.69) is 10.9 Å². The van der Waals surface area contributed by atoms with Crippen LogP contribution in [-0.4, -0.2) is 17.1 Å². The van der Waals surface area contributed by atoms with E-state index in [4.69, 9.17) is 15.9 Å². The molecule has 0 spiro atoms. The first-order valence-corrected chi connectivity index (χ1v) is 10.6. The van der Waals surface area contributed by atoms with Crippen LogP contribution in [-0.2, 0) is 6.54 Å². The van der Waals surface area contributed by atoms with Gasteiger partial charge in [0.05, 0.1) is 23.4 Å². The van der Waals surface area contributed by atoms with Crippen molar-refractivity contribution in [3.05, 3.63) is 83.2 Å². The van der Waals surface area contributed by atoms with Crippen molar-refractivity contribution in [1.29, 1.82) is 0 Å². The van der Waals surface area contributed by atoms with Crippen LogP contribution < -0.4 is 14.3 Å². The predicted molar refractivity (Wildman–Crippen MR) is 123 cm³/mol. The minimum Gasteiger partial charge on any atom is -0.494 e. The number of benzene rings is 3. The fourth-order valence-corrected chi connectivity index (χ4v) is 4.14. The molecule has 1 aromatic heterocycles. The molecule has 0 unspecified atom stereocenters. The highest BCUT2D eigenvalue weighted by molar-refractivity contribution is 7.16. The van der Waals surface area contributed by atoms with Gasteiger partial charge in [0.25, 0.3) is 5.91 Å². The van der Waals surface area contributed by atoms with Gasteiger partial charge in [-0.25, -0.2) is 0 Å². The van der Waals surface area contributed by atoms with Crippen LogP contribution in [0.3, 0.4) is 0 Å². The number of para-hydroxylation sites is 1. The van der Waals surface area contributed by atoms with Crippen LogP contribution in [0.25, 0.3) is 10.2 Å². The largest absolute Gasteiger partial charge is 0.494 e. The molecule has 0 N–H and O–H groups in total. The highest BCUT2D eigenvalue weighted by Crippen LogP contribution is 2.24. The van der Waals surface area contributed by atoms with E-state index in [1.165, 1.54) is 11.3 Å². The lowest BCUT2D eigenvalue weighted by Gasteiger charge is -2.05. The van der Waals surface area contributed by atoms with Crippen LogP contribution in [0.1, 0.15) is 17.3 Å². The number of hydrogen-bond donors (Lipinski definition) is 0. The summed E-state index contributed by atoms with van der Waals surface area (Å²) in [5, 5.41) is 0. The molecular formula is C25H20N2O3S. The summed E-state index contributed by atoms with van der Waals surface area (Å²) < 4.78 is 14.2. The van der Waals surface area contributed by atoms with Gasteiger partial charge in [0.2, 0.25) is 0 Å². The van der Waals surface area contributed by atoms with Gasteiger partial charge in [0.15, 0.2) is 4.80 Å². The normalized spacial score (nSPS) is 11.3. The maximum Gasteiger partial charge on any atom is 0.279 e. The number of ether oxygens (including phenoxy) is 2. The summed E-state index contributed by atoms with van der Waals surface area (Å²) in [6.07, 6.45) is 5.55. The Balaban J connectivity index is 1.63. The summed E-state index contributed by atoms with van der Waals surface area (Å²) in [4.78, 5) is 17.7. The van der Waals surface area contributed by atoms with Gasteiger partial charge in [-0.05, 0) is 61.5 Å². The number of amides is 1. The second kappa shape index (κ2) is 9.33. The first-order valence-electron chi connectivity index (χ1n) is 9.79. The lowest BCUT2D eigenvalue weighted by Crippen LogP contribution is -2.16. The Bertz CT molecular complexity index is 1310. The molecule has 0 saturated heterocycles. The second-order valence-electron chi connectivity index (χ2n) is 6.59. The molecule has 6 heteroatoms. The summed E-state index contributed by atoms with van der Waals surface area (Å²) >= 11 is 1.41. The molecule has 0 radical (unpaired) electrons. The Hall–Kier alpha value is -3.82.